The average Bonchev–Trinajstić information content (AvgIpc) is 3.55. The molecule has 2 aromatic heterocycles. The molecule has 3 aromatic rings. The molecule has 0 aliphatic carbocycles. The molecule has 4 rings (SSSR count). The number of nitrogens with zero attached hydrogens (tertiary/aromatic N) is 2. The van der Waals surface area contributed by atoms with Gasteiger partial charge in [-0.05, 0) is 41.8 Å². The molecule has 1 saturated heterocycles. The highest BCUT2D eigenvalue weighted by Gasteiger charge is 2.46. The van der Waals surface area contributed by atoms with Crippen molar-refractivity contribution in [1.29, 1.82) is 0 Å². The van der Waals surface area contributed by atoms with E-state index in [0.717, 1.165) is 18.4 Å². The summed E-state index contributed by atoms with van der Waals surface area (Å²) in [6.07, 6.45) is 2.88. The lowest BCUT2D eigenvalue weighted by molar-refractivity contribution is -0.129. The van der Waals surface area contributed by atoms with E-state index >= 15 is 0 Å². The second-order valence-corrected chi connectivity index (χ2v) is 9.06. The highest BCUT2D eigenvalue weighted by atomic mass is 32.1. The minimum absolute atomic E-state index is 0.0306. The molecule has 0 bridgehead atoms. The zero-order valence-electron chi connectivity index (χ0n) is 17.9. The molecule has 7 heteroatoms. The van der Waals surface area contributed by atoms with Crippen molar-refractivity contribution in [2.24, 2.45) is 5.41 Å². The number of hydrogen-bond acceptors (Lipinski definition) is 5. The zero-order chi connectivity index (χ0) is 21.8. The van der Waals surface area contributed by atoms with Crippen LogP contribution >= 0.6 is 11.3 Å². The highest BCUT2D eigenvalue weighted by Crippen LogP contribution is 2.36. The minimum Gasteiger partial charge on any atom is -0.361 e. The number of benzene rings is 1. The van der Waals surface area contributed by atoms with Crippen LogP contribution < -0.4 is 5.32 Å². The van der Waals surface area contributed by atoms with Crippen molar-refractivity contribution in [2.75, 3.05) is 20.1 Å². The van der Waals surface area contributed by atoms with E-state index in [1.54, 1.807) is 29.4 Å². The predicted octanol–water partition coefficient (Wildman–Crippen LogP) is 4.18. The van der Waals surface area contributed by atoms with Crippen LogP contribution in [0.25, 0.3) is 10.4 Å². The quantitative estimate of drug-likeness (QED) is 0.602. The number of nitrogens with one attached hydrogen (secondary N) is 1. The Bertz CT molecular complexity index is 1040. The Labute approximate surface area is 186 Å². The Morgan fingerprint density at radius 1 is 1.26 bits per heavy atom. The highest BCUT2D eigenvalue weighted by molar-refractivity contribution is 7.13. The summed E-state index contributed by atoms with van der Waals surface area (Å²) >= 11 is 1.71. The molecule has 162 valence electrons. The maximum atomic E-state index is 13.0. The third-order valence-electron chi connectivity index (χ3n) is 5.93. The summed E-state index contributed by atoms with van der Waals surface area (Å²) in [7, 11) is 1.66. The van der Waals surface area contributed by atoms with E-state index in [1.165, 1.54) is 10.4 Å². The topological polar surface area (TPSA) is 75.4 Å². The monoisotopic (exact) mass is 437 g/mol. The lowest BCUT2D eigenvalue weighted by Crippen LogP contribution is -2.44. The van der Waals surface area contributed by atoms with Gasteiger partial charge in [0.05, 0.1) is 5.41 Å². The summed E-state index contributed by atoms with van der Waals surface area (Å²) < 4.78 is 5.27. The average molecular weight is 438 g/mol. The second-order valence-electron chi connectivity index (χ2n) is 8.12. The van der Waals surface area contributed by atoms with Crippen molar-refractivity contribution in [1.82, 2.24) is 15.4 Å². The van der Waals surface area contributed by atoms with E-state index in [4.69, 9.17) is 4.52 Å². The third kappa shape index (κ3) is 4.42. The zero-order valence-corrected chi connectivity index (χ0v) is 18.7. The molecule has 1 fully saturated rings. The van der Waals surface area contributed by atoms with E-state index in [0.29, 0.717) is 37.4 Å². The normalized spacial score (nSPS) is 18.3. The van der Waals surface area contributed by atoms with E-state index in [1.807, 2.05) is 6.07 Å². The van der Waals surface area contributed by atoms with Gasteiger partial charge in [0.25, 0.3) is 5.91 Å². The van der Waals surface area contributed by atoms with Crippen LogP contribution in [-0.2, 0) is 17.6 Å². The molecule has 6 nitrogen and oxygen atoms in total. The van der Waals surface area contributed by atoms with Crippen LogP contribution in [0, 0.1) is 5.41 Å². The van der Waals surface area contributed by atoms with E-state index in [-0.39, 0.29) is 11.8 Å². The number of aromatic nitrogens is 1. The van der Waals surface area contributed by atoms with Gasteiger partial charge in [0.1, 0.15) is 5.76 Å². The van der Waals surface area contributed by atoms with Crippen molar-refractivity contribution in [3.8, 4) is 10.4 Å². The van der Waals surface area contributed by atoms with Crippen LogP contribution in [-0.4, -0.2) is 42.0 Å². The number of carbonyl (C=O) groups excluding carboxylic acids is 2. The number of amides is 2. The van der Waals surface area contributed by atoms with Gasteiger partial charge in [-0.3, -0.25) is 9.59 Å². The Balaban J connectivity index is 1.50. The van der Waals surface area contributed by atoms with Crippen LogP contribution in [0.1, 0.15) is 41.6 Å². The van der Waals surface area contributed by atoms with Gasteiger partial charge in [-0.2, -0.15) is 0 Å². The fraction of sp³-hybridized carbons (Fsp3) is 0.375. The Kier molecular flexibility index (Phi) is 6.23. The molecule has 1 N–H and O–H groups in total. The molecule has 2 amide bonds. The van der Waals surface area contributed by atoms with E-state index in [9.17, 15) is 9.59 Å². The fourth-order valence-electron chi connectivity index (χ4n) is 4.28. The molecule has 0 radical (unpaired) electrons. The number of likely N-dealkylation sites (tertiary alicyclic amines) is 1. The Morgan fingerprint density at radius 3 is 2.74 bits per heavy atom. The first-order valence-corrected chi connectivity index (χ1v) is 11.5. The van der Waals surface area contributed by atoms with E-state index in [2.05, 4.69) is 53.1 Å². The summed E-state index contributed by atoms with van der Waals surface area (Å²) in [5.74, 6) is 0.510. The van der Waals surface area contributed by atoms with Crippen molar-refractivity contribution in [3.05, 3.63) is 64.9 Å². The molecule has 1 aromatic carbocycles. The molecule has 1 atom stereocenters. The lowest BCUT2D eigenvalue weighted by Gasteiger charge is -2.27. The van der Waals surface area contributed by atoms with Gasteiger partial charge in [-0.1, -0.05) is 42.4 Å². The maximum absolute atomic E-state index is 13.0. The molecule has 31 heavy (non-hydrogen) atoms. The first-order chi connectivity index (χ1) is 15.0. The minimum atomic E-state index is -0.648. The molecular formula is C24H27N3O3S. The second kappa shape index (κ2) is 9.06. The number of aryl methyl sites for hydroxylation is 1. The van der Waals surface area contributed by atoms with Crippen molar-refractivity contribution < 1.29 is 14.1 Å². The Morgan fingerprint density at radius 2 is 2.06 bits per heavy atom. The largest absolute Gasteiger partial charge is 0.361 e. The van der Waals surface area contributed by atoms with Crippen molar-refractivity contribution in [3.63, 3.8) is 0 Å². The molecule has 0 saturated carbocycles. The van der Waals surface area contributed by atoms with Gasteiger partial charge in [0, 0.05) is 37.5 Å². The first-order valence-electron chi connectivity index (χ1n) is 10.6. The number of rotatable bonds is 7. The van der Waals surface area contributed by atoms with Crippen LogP contribution in [0.15, 0.2) is 52.4 Å². The predicted molar refractivity (Wildman–Crippen MR) is 121 cm³/mol. The van der Waals surface area contributed by atoms with Crippen LogP contribution in [0.2, 0.25) is 0 Å². The summed E-state index contributed by atoms with van der Waals surface area (Å²) in [5.41, 5.74) is 1.93. The van der Waals surface area contributed by atoms with Gasteiger partial charge < -0.3 is 14.7 Å². The van der Waals surface area contributed by atoms with Gasteiger partial charge in [0.15, 0.2) is 5.69 Å². The molecule has 1 aliphatic rings. The third-order valence-corrected chi connectivity index (χ3v) is 6.85. The van der Waals surface area contributed by atoms with Crippen LogP contribution in [0.5, 0.6) is 0 Å². The molecular weight excluding hydrogens is 410 g/mol. The molecule has 0 unspecified atom stereocenters. The molecule has 3 heterocycles. The summed E-state index contributed by atoms with van der Waals surface area (Å²) in [6.45, 7) is 2.94. The number of thiophene rings is 1. The number of carbonyl (C=O) groups is 2. The van der Waals surface area contributed by atoms with Gasteiger partial charge in [-0.15, -0.1) is 11.3 Å². The van der Waals surface area contributed by atoms with Gasteiger partial charge in [-0.25, -0.2) is 0 Å². The Hall–Kier alpha value is -2.93. The van der Waals surface area contributed by atoms with Crippen LogP contribution in [0.3, 0.4) is 0 Å². The molecule has 1 aliphatic heterocycles. The summed E-state index contributed by atoms with van der Waals surface area (Å²) in [5, 5.41) is 8.82. The standard InChI is InChI=1S/C24H27N3O3S/c1-3-5-19-14-20(26-30-19)22(28)27-12-11-24(16-27,23(29)25-2)15-17-7-9-18(10-8-17)21-6-4-13-31-21/h4,6-10,13-14H,3,5,11-12,15-16H2,1-2H3,(H,25,29)/t24-/m1/s1. The first kappa shape index (κ1) is 21.3. The van der Waals surface area contributed by atoms with Gasteiger partial charge >= 0.3 is 0 Å². The smallest absolute Gasteiger partial charge is 0.276 e. The van der Waals surface area contributed by atoms with Gasteiger partial charge in [0.2, 0.25) is 5.91 Å². The van der Waals surface area contributed by atoms with Crippen molar-refractivity contribution in [2.45, 2.75) is 32.6 Å². The van der Waals surface area contributed by atoms with E-state index < -0.39 is 5.41 Å². The molecule has 0 spiro atoms. The summed E-state index contributed by atoms with van der Waals surface area (Å²) in [4.78, 5) is 28.8. The maximum Gasteiger partial charge on any atom is 0.276 e. The lowest BCUT2D eigenvalue weighted by atomic mass is 9.79. The fourth-order valence-corrected chi connectivity index (χ4v) is 5.01. The SMILES string of the molecule is CCCc1cc(C(=O)N2CC[C@](Cc3ccc(-c4cccs4)cc3)(C(=O)NC)C2)no1. The summed E-state index contributed by atoms with van der Waals surface area (Å²) in [6, 6.07) is 14.2. The van der Waals surface area contributed by atoms with Crippen LogP contribution in [0.4, 0.5) is 0 Å². The van der Waals surface area contributed by atoms with Crippen molar-refractivity contribution >= 4 is 23.2 Å². The number of hydrogen-bond donors (Lipinski definition) is 1.